The summed E-state index contributed by atoms with van der Waals surface area (Å²) in [6, 6.07) is 11.2. The quantitative estimate of drug-likeness (QED) is 0.376. The fourth-order valence-corrected chi connectivity index (χ4v) is 4.24. The minimum atomic E-state index is -0.314. The first-order valence-corrected chi connectivity index (χ1v) is 11.4. The number of amides is 1. The second kappa shape index (κ2) is 9.75. The largest absolute Gasteiger partial charge is 0.349 e. The van der Waals surface area contributed by atoms with Crippen molar-refractivity contribution in [3.05, 3.63) is 68.7 Å². The molecule has 0 bridgehead atoms. The standard InChI is InChI=1S/C22H23BrFN3O2S/c1-13(2)11-27-21(29)18-10-16(23)6-9-19(18)26-22(27)30-12-20(28)25-14(3)15-4-7-17(24)8-5-15/h4-10,13-14H,11-12H2,1-3H3,(H,25,28). The summed E-state index contributed by atoms with van der Waals surface area (Å²) in [6.45, 7) is 6.42. The number of halogens is 2. The van der Waals surface area contributed by atoms with Crippen LogP contribution in [0.5, 0.6) is 0 Å². The number of nitrogens with zero attached hydrogens (tertiary/aromatic N) is 2. The highest BCUT2D eigenvalue weighted by atomic mass is 79.9. The number of thioether (sulfide) groups is 1. The van der Waals surface area contributed by atoms with E-state index in [9.17, 15) is 14.0 Å². The Morgan fingerprint density at radius 3 is 2.57 bits per heavy atom. The maximum absolute atomic E-state index is 13.1. The first kappa shape index (κ1) is 22.5. The number of nitrogens with one attached hydrogen (secondary N) is 1. The van der Waals surface area contributed by atoms with Crippen LogP contribution in [0.4, 0.5) is 4.39 Å². The fourth-order valence-electron chi connectivity index (χ4n) is 3.06. The Hall–Kier alpha value is -2.19. The SMILES string of the molecule is CC(C)Cn1c(SCC(=O)NC(C)c2ccc(F)cc2)nc2ccc(Br)cc2c1=O. The number of carbonyl (C=O) groups is 1. The molecule has 1 unspecified atom stereocenters. The van der Waals surface area contributed by atoms with Crippen molar-refractivity contribution in [3.8, 4) is 0 Å². The maximum Gasteiger partial charge on any atom is 0.262 e. The Balaban J connectivity index is 1.78. The molecular formula is C22H23BrFN3O2S. The zero-order valence-electron chi connectivity index (χ0n) is 17.0. The van der Waals surface area contributed by atoms with E-state index in [4.69, 9.17) is 0 Å². The first-order valence-electron chi connectivity index (χ1n) is 9.62. The van der Waals surface area contributed by atoms with Gasteiger partial charge in [-0.05, 0) is 48.7 Å². The monoisotopic (exact) mass is 491 g/mol. The summed E-state index contributed by atoms with van der Waals surface area (Å²) >= 11 is 4.64. The molecule has 2 aromatic carbocycles. The smallest absolute Gasteiger partial charge is 0.262 e. The molecule has 0 spiro atoms. The first-order chi connectivity index (χ1) is 14.2. The van der Waals surface area contributed by atoms with Crippen LogP contribution in [0.3, 0.4) is 0 Å². The Morgan fingerprint density at radius 2 is 1.90 bits per heavy atom. The molecule has 1 N–H and O–H groups in total. The highest BCUT2D eigenvalue weighted by Crippen LogP contribution is 2.22. The van der Waals surface area contributed by atoms with E-state index < -0.39 is 0 Å². The van der Waals surface area contributed by atoms with Crippen molar-refractivity contribution in [2.45, 2.75) is 38.5 Å². The highest BCUT2D eigenvalue weighted by molar-refractivity contribution is 9.10. The van der Waals surface area contributed by atoms with E-state index in [1.807, 2.05) is 26.8 Å². The van der Waals surface area contributed by atoms with Gasteiger partial charge in [-0.25, -0.2) is 9.37 Å². The van der Waals surface area contributed by atoms with Gasteiger partial charge in [0.15, 0.2) is 5.16 Å². The third-order valence-electron chi connectivity index (χ3n) is 4.51. The van der Waals surface area contributed by atoms with Crippen LogP contribution in [0, 0.1) is 11.7 Å². The highest BCUT2D eigenvalue weighted by Gasteiger charge is 2.16. The molecule has 0 radical (unpaired) electrons. The van der Waals surface area contributed by atoms with Crippen LogP contribution in [0.2, 0.25) is 0 Å². The fraction of sp³-hybridized carbons (Fsp3) is 0.318. The normalized spacial score (nSPS) is 12.3. The van der Waals surface area contributed by atoms with E-state index in [-0.39, 0.29) is 35.0 Å². The Bertz CT molecular complexity index is 1120. The lowest BCUT2D eigenvalue weighted by Crippen LogP contribution is -2.29. The van der Waals surface area contributed by atoms with Crippen molar-refractivity contribution in [2.75, 3.05) is 5.75 Å². The maximum atomic E-state index is 13.1. The molecule has 3 rings (SSSR count). The third-order valence-corrected chi connectivity index (χ3v) is 5.98. The van der Waals surface area contributed by atoms with Gasteiger partial charge in [0.25, 0.3) is 5.56 Å². The van der Waals surface area contributed by atoms with Gasteiger partial charge in [-0.2, -0.15) is 0 Å². The second-order valence-electron chi connectivity index (χ2n) is 7.49. The summed E-state index contributed by atoms with van der Waals surface area (Å²) < 4.78 is 15.5. The van der Waals surface area contributed by atoms with Crippen LogP contribution in [-0.2, 0) is 11.3 Å². The summed E-state index contributed by atoms with van der Waals surface area (Å²) in [5.74, 6) is -0.123. The van der Waals surface area contributed by atoms with Gasteiger partial charge in [-0.1, -0.05) is 53.7 Å². The topological polar surface area (TPSA) is 64.0 Å². The molecule has 8 heteroatoms. The molecule has 1 heterocycles. The third kappa shape index (κ3) is 5.49. The summed E-state index contributed by atoms with van der Waals surface area (Å²) in [5.41, 5.74) is 1.31. The van der Waals surface area contributed by atoms with Gasteiger partial charge in [-0.15, -0.1) is 0 Å². The molecule has 30 heavy (non-hydrogen) atoms. The van der Waals surface area contributed by atoms with E-state index in [1.54, 1.807) is 28.8 Å². The molecule has 0 fully saturated rings. The van der Waals surface area contributed by atoms with Crippen LogP contribution in [-0.4, -0.2) is 21.2 Å². The summed E-state index contributed by atoms with van der Waals surface area (Å²) in [6.07, 6.45) is 0. The average Bonchev–Trinajstić information content (AvgIpc) is 2.69. The van der Waals surface area contributed by atoms with Crippen molar-refractivity contribution in [2.24, 2.45) is 5.92 Å². The molecule has 0 aliphatic rings. The van der Waals surface area contributed by atoms with Gasteiger partial charge in [-0.3, -0.25) is 14.2 Å². The van der Waals surface area contributed by atoms with E-state index in [0.29, 0.717) is 22.6 Å². The van der Waals surface area contributed by atoms with Crippen LogP contribution in [0.1, 0.15) is 32.4 Å². The Morgan fingerprint density at radius 1 is 1.20 bits per heavy atom. The van der Waals surface area contributed by atoms with Gasteiger partial charge in [0.05, 0.1) is 22.7 Å². The summed E-state index contributed by atoms with van der Waals surface area (Å²) in [4.78, 5) is 30.1. The Kier molecular flexibility index (Phi) is 7.31. The van der Waals surface area contributed by atoms with E-state index in [1.165, 1.54) is 23.9 Å². The molecule has 1 atom stereocenters. The zero-order chi connectivity index (χ0) is 21.8. The predicted octanol–water partition coefficient (Wildman–Crippen LogP) is 4.92. The number of aromatic nitrogens is 2. The minimum Gasteiger partial charge on any atom is -0.349 e. The number of hydrogen-bond donors (Lipinski definition) is 1. The lowest BCUT2D eigenvalue weighted by atomic mass is 10.1. The van der Waals surface area contributed by atoms with Crippen LogP contribution >= 0.6 is 27.7 Å². The van der Waals surface area contributed by atoms with Gasteiger partial charge < -0.3 is 5.32 Å². The molecule has 0 saturated heterocycles. The molecule has 1 amide bonds. The number of hydrogen-bond acceptors (Lipinski definition) is 4. The Labute approximate surface area is 187 Å². The van der Waals surface area contributed by atoms with Crippen molar-refractivity contribution >= 4 is 44.5 Å². The number of carbonyl (C=O) groups excluding carboxylic acids is 1. The second-order valence-corrected chi connectivity index (χ2v) is 9.35. The molecule has 1 aromatic heterocycles. The lowest BCUT2D eigenvalue weighted by molar-refractivity contribution is -0.119. The number of rotatable bonds is 7. The molecule has 0 aliphatic heterocycles. The summed E-state index contributed by atoms with van der Waals surface area (Å²) in [7, 11) is 0. The van der Waals surface area contributed by atoms with Crippen LogP contribution < -0.4 is 10.9 Å². The molecule has 3 aromatic rings. The van der Waals surface area contributed by atoms with Crippen molar-refractivity contribution in [1.82, 2.24) is 14.9 Å². The predicted molar refractivity (Wildman–Crippen MR) is 122 cm³/mol. The molecular weight excluding hydrogens is 469 g/mol. The molecule has 0 saturated carbocycles. The average molecular weight is 492 g/mol. The zero-order valence-corrected chi connectivity index (χ0v) is 19.4. The molecule has 158 valence electrons. The van der Waals surface area contributed by atoms with Crippen LogP contribution in [0.25, 0.3) is 10.9 Å². The van der Waals surface area contributed by atoms with Crippen molar-refractivity contribution < 1.29 is 9.18 Å². The van der Waals surface area contributed by atoms with Gasteiger partial charge in [0.2, 0.25) is 5.91 Å². The van der Waals surface area contributed by atoms with Crippen molar-refractivity contribution in [3.63, 3.8) is 0 Å². The summed E-state index contributed by atoms with van der Waals surface area (Å²) in [5, 5.41) is 3.97. The van der Waals surface area contributed by atoms with Gasteiger partial charge in [0.1, 0.15) is 5.82 Å². The van der Waals surface area contributed by atoms with Gasteiger partial charge in [0, 0.05) is 11.0 Å². The number of fused-ring (bicyclic) bond motifs is 1. The van der Waals surface area contributed by atoms with E-state index in [2.05, 4.69) is 26.2 Å². The lowest BCUT2D eigenvalue weighted by Gasteiger charge is -2.16. The molecule has 0 aliphatic carbocycles. The minimum absolute atomic E-state index is 0.113. The van der Waals surface area contributed by atoms with Crippen molar-refractivity contribution in [1.29, 1.82) is 0 Å². The van der Waals surface area contributed by atoms with Gasteiger partial charge >= 0.3 is 0 Å². The van der Waals surface area contributed by atoms with E-state index >= 15 is 0 Å². The van der Waals surface area contributed by atoms with Crippen LogP contribution in [0.15, 0.2) is 56.9 Å². The molecule has 5 nitrogen and oxygen atoms in total. The van der Waals surface area contributed by atoms with E-state index in [0.717, 1.165) is 10.0 Å². The number of benzene rings is 2.